The molecule has 5 nitrogen and oxygen atoms in total. The summed E-state index contributed by atoms with van der Waals surface area (Å²) < 4.78 is 0. The van der Waals surface area contributed by atoms with Gasteiger partial charge in [0.15, 0.2) is 0 Å². The van der Waals surface area contributed by atoms with Gasteiger partial charge in [-0.05, 0) is 24.5 Å². The molecular weight excluding hydrogens is 338 g/mol. The van der Waals surface area contributed by atoms with Crippen molar-refractivity contribution in [3.63, 3.8) is 0 Å². The average molecular weight is 365 g/mol. The molecule has 1 aliphatic rings. The monoisotopic (exact) mass is 365 g/mol. The van der Waals surface area contributed by atoms with E-state index in [-0.39, 0.29) is 11.9 Å². The van der Waals surface area contributed by atoms with Gasteiger partial charge in [0.1, 0.15) is 0 Å². The van der Waals surface area contributed by atoms with Gasteiger partial charge in [-0.1, -0.05) is 60.2 Å². The average Bonchev–Trinajstić information content (AvgIpc) is 2.71. The molecule has 5 heteroatoms. The number of nitrogens with one attached hydrogen (secondary N) is 1. The van der Waals surface area contributed by atoms with Gasteiger partial charge < -0.3 is 15.1 Å². The standard InChI is InChI=1S/C22H27N3O2/c1-18-6-5-9-19(16-18)10-11-21(26)24-12-14-25(15-13-24)22(27)23-17-20-7-3-2-4-8-20/h2-9,16H,10-15,17H2,1H3,(H,23,27). The number of nitrogens with zero attached hydrogens (tertiary/aromatic N) is 2. The van der Waals surface area contributed by atoms with Crippen molar-refractivity contribution >= 4 is 11.9 Å². The number of hydrogen-bond donors (Lipinski definition) is 1. The highest BCUT2D eigenvalue weighted by atomic mass is 16.2. The second-order valence-corrected chi connectivity index (χ2v) is 7.00. The van der Waals surface area contributed by atoms with E-state index < -0.39 is 0 Å². The van der Waals surface area contributed by atoms with Crippen LogP contribution < -0.4 is 5.32 Å². The van der Waals surface area contributed by atoms with Crippen LogP contribution in [0.4, 0.5) is 4.79 Å². The van der Waals surface area contributed by atoms with Crippen molar-refractivity contribution in [3.8, 4) is 0 Å². The Labute approximate surface area is 161 Å². The molecule has 142 valence electrons. The number of rotatable bonds is 5. The molecule has 1 heterocycles. The van der Waals surface area contributed by atoms with Crippen molar-refractivity contribution in [2.24, 2.45) is 0 Å². The summed E-state index contributed by atoms with van der Waals surface area (Å²) >= 11 is 0. The first-order valence-electron chi connectivity index (χ1n) is 9.52. The van der Waals surface area contributed by atoms with Crippen LogP contribution in [-0.2, 0) is 17.8 Å². The lowest BCUT2D eigenvalue weighted by molar-refractivity contribution is -0.132. The molecule has 0 spiro atoms. The lowest BCUT2D eigenvalue weighted by Gasteiger charge is -2.34. The van der Waals surface area contributed by atoms with E-state index in [0.29, 0.717) is 39.1 Å². The fraction of sp³-hybridized carbons (Fsp3) is 0.364. The third-order valence-corrected chi connectivity index (χ3v) is 4.92. The Hall–Kier alpha value is -2.82. The molecule has 1 N–H and O–H groups in total. The number of carbonyl (C=O) groups excluding carboxylic acids is 2. The summed E-state index contributed by atoms with van der Waals surface area (Å²) in [4.78, 5) is 28.4. The minimum atomic E-state index is -0.0642. The van der Waals surface area contributed by atoms with E-state index in [2.05, 4.69) is 30.4 Å². The number of amides is 3. The molecule has 0 atom stereocenters. The third-order valence-electron chi connectivity index (χ3n) is 4.92. The van der Waals surface area contributed by atoms with Crippen molar-refractivity contribution in [1.82, 2.24) is 15.1 Å². The van der Waals surface area contributed by atoms with E-state index >= 15 is 0 Å². The summed E-state index contributed by atoms with van der Waals surface area (Å²) in [5, 5.41) is 2.95. The van der Waals surface area contributed by atoms with Gasteiger partial charge in [0.2, 0.25) is 5.91 Å². The third kappa shape index (κ3) is 5.58. The number of hydrogen-bond acceptors (Lipinski definition) is 2. The minimum absolute atomic E-state index is 0.0642. The zero-order chi connectivity index (χ0) is 19.1. The summed E-state index contributed by atoms with van der Waals surface area (Å²) in [5.74, 6) is 0.167. The lowest BCUT2D eigenvalue weighted by atomic mass is 10.1. The van der Waals surface area contributed by atoms with Crippen molar-refractivity contribution in [2.75, 3.05) is 26.2 Å². The number of carbonyl (C=O) groups is 2. The zero-order valence-electron chi connectivity index (χ0n) is 15.9. The molecule has 3 rings (SSSR count). The molecule has 27 heavy (non-hydrogen) atoms. The van der Waals surface area contributed by atoms with Gasteiger partial charge in [-0.15, -0.1) is 0 Å². The fourth-order valence-electron chi connectivity index (χ4n) is 3.32. The molecular formula is C22H27N3O2. The maximum absolute atomic E-state index is 12.5. The molecule has 2 aromatic carbocycles. The highest BCUT2D eigenvalue weighted by Gasteiger charge is 2.23. The SMILES string of the molecule is Cc1cccc(CCC(=O)N2CCN(C(=O)NCc3ccccc3)CC2)c1. The number of urea groups is 1. The van der Waals surface area contributed by atoms with Gasteiger partial charge in [0, 0.05) is 39.1 Å². The summed E-state index contributed by atoms with van der Waals surface area (Å²) in [6.45, 7) is 4.95. The Kier molecular flexibility index (Phi) is 6.47. The van der Waals surface area contributed by atoms with Gasteiger partial charge in [-0.25, -0.2) is 4.79 Å². The molecule has 0 unspecified atom stereocenters. The summed E-state index contributed by atoms with van der Waals surface area (Å²) in [6, 6.07) is 18.1. The Morgan fingerprint density at radius 2 is 1.56 bits per heavy atom. The summed E-state index contributed by atoms with van der Waals surface area (Å²) in [5.41, 5.74) is 3.49. The Balaban J connectivity index is 1.40. The van der Waals surface area contributed by atoms with Crippen LogP contribution in [0.5, 0.6) is 0 Å². The van der Waals surface area contributed by atoms with E-state index in [9.17, 15) is 9.59 Å². The van der Waals surface area contributed by atoms with Crippen molar-refractivity contribution in [2.45, 2.75) is 26.3 Å². The zero-order valence-corrected chi connectivity index (χ0v) is 15.9. The summed E-state index contributed by atoms with van der Waals surface area (Å²) in [6.07, 6.45) is 1.28. The van der Waals surface area contributed by atoms with Crippen LogP contribution >= 0.6 is 0 Å². The molecule has 0 bridgehead atoms. The largest absolute Gasteiger partial charge is 0.339 e. The predicted molar refractivity (Wildman–Crippen MR) is 106 cm³/mol. The molecule has 1 fully saturated rings. The highest BCUT2D eigenvalue weighted by Crippen LogP contribution is 2.10. The fourth-order valence-corrected chi connectivity index (χ4v) is 3.32. The normalized spacial score (nSPS) is 14.1. The van der Waals surface area contributed by atoms with Gasteiger partial charge in [-0.3, -0.25) is 4.79 Å². The molecule has 0 radical (unpaired) electrons. The van der Waals surface area contributed by atoms with Crippen LogP contribution in [-0.4, -0.2) is 47.9 Å². The van der Waals surface area contributed by atoms with E-state index in [1.807, 2.05) is 41.3 Å². The first-order chi connectivity index (χ1) is 13.1. The Morgan fingerprint density at radius 3 is 2.26 bits per heavy atom. The van der Waals surface area contributed by atoms with Crippen LogP contribution in [0.1, 0.15) is 23.1 Å². The quantitative estimate of drug-likeness (QED) is 0.886. The first kappa shape index (κ1) is 19.0. The maximum Gasteiger partial charge on any atom is 0.317 e. The molecule has 2 aromatic rings. The van der Waals surface area contributed by atoms with Crippen molar-refractivity contribution in [1.29, 1.82) is 0 Å². The lowest BCUT2D eigenvalue weighted by Crippen LogP contribution is -2.53. The Bertz CT molecular complexity index is 768. The summed E-state index contributed by atoms with van der Waals surface area (Å²) in [7, 11) is 0. The van der Waals surface area contributed by atoms with Gasteiger partial charge in [0.05, 0.1) is 0 Å². The van der Waals surface area contributed by atoms with E-state index in [1.54, 1.807) is 4.90 Å². The number of aryl methyl sites for hydroxylation is 2. The van der Waals surface area contributed by atoms with E-state index in [4.69, 9.17) is 0 Å². The topological polar surface area (TPSA) is 52.7 Å². The van der Waals surface area contributed by atoms with Crippen LogP contribution in [0.2, 0.25) is 0 Å². The first-order valence-corrected chi connectivity index (χ1v) is 9.52. The van der Waals surface area contributed by atoms with Crippen molar-refractivity contribution in [3.05, 3.63) is 71.3 Å². The maximum atomic E-state index is 12.5. The molecule has 1 aliphatic heterocycles. The van der Waals surface area contributed by atoms with Gasteiger partial charge in [-0.2, -0.15) is 0 Å². The molecule has 0 aromatic heterocycles. The highest BCUT2D eigenvalue weighted by molar-refractivity contribution is 5.78. The predicted octanol–water partition coefficient (Wildman–Crippen LogP) is 2.98. The smallest absolute Gasteiger partial charge is 0.317 e. The second-order valence-electron chi connectivity index (χ2n) is 7.00. The van der Waals surface area contributed by atoms with E-state index in [1.165, 1.54) is 11.1 Å². The van der Waals surface area contributed by atoms with Gasteiger partial charge in [0.25, 0.3) is 0 Å². The van der Waals surface area contributed by atoms with Crippen LogP contribution in [0.3, 0.4) is 0 Å². The molecule has 0 saturated carbocycles. The molecule has 0 aliphatic carbocycles. The minimum Gasteiger partial charge on any atom is -0.339 e. The molecule has 1 saturated heterocycles. The van der Waals surface area contributed by atoms with E-state index in [0.717, 1.165) is 12.0 Å². The number of piperazine rings is 1. The second kappa shape index (κ2) is 9.21. The Morgan fingerprint density at radius 1 is 0.889 bits per heavy atom. The van der Waals surface area contributed by atoms with Crippen LogP contribution in [0.25, 0.3) is 0 Å². The van der Waals surface area contributed by atoms with Crippen LogP contribution in [0.15, 0.2) is 54.6 Å². The van der Waals surface area contributed by atoms with Crippen LogP contribution in [0, 0.1) is 6.92 Å². The van der Waals surface area contributed by atoms with Gasteiger partial charge >= 0.3 is 6.03 Å². The molecule has 3 amide bonds. The van der Waals surface area contributed by atoms with Crippen molar-refractivity contribution < 1.29 is 9.59 Å². The number of benzene rings is 2.